The number of carbonyl (C=O) groups is 6. The van der Waals surface area contributed by atoms with Crippen LogP contribution in [-0.4, -0.2) is 74.0 Å². The van der Waals surface area contributed by atoms with E-state index >= 15 is 0 Å². The number of aromatic nitrogens is 1. The van der Waals surface area contributed by atoms with Crippen molar-refractivity contribution < 1.29 is 43.0 Å². The summed E-state index contributed by atoms with van der Waals surface area (Å²) in [5, 5.41) is 8.13. The zero-order valence-electron chi connectivity index (χ0n) is 26.6. The Morgan fingerprint density at radius 3 is 2.17 bits per heavy atom. The fourth-order valence-corrected chi connectivity index (χ4v) is 5.29. The molecule has 0 spiro atoms. The van der Waals surface area contributed by atoms with Gasteiger partial charge in [-0.25, -0.2) is 9.59 Å². The zero-order chi connectivity index (χ0) is 34.2. The molecule has 2 atom stereocenters. The van der Waals surface area contributed by atoms with Gasteiger partial charge >= 0.3 is 17.9 Å². The predicted octanol–water partition coefficient (Wildman–Crippen LogP) is 2.86. The monoisotopic (exact) mass is 644 g/mol. The second kappa shape index (κ2) is 15.0. The lowest BCUT2D eigenvalue weighted by atomic mass is 10.0. The van der Waals surface area contributed by atoms with Gasteiger partial charge in [0.15, 0.2) is 0 Å². The number of aryl methyl sites for hydroxylation is 1. The smallest absolute Gasteiger partial charge is 0.328 e. The molecule has 4 rings (SSSR count). The van der Waals surface area contributed by atoms with Gasteiger partial charge in [0, 0.05) is 41.0 Å². The Hall–Kier alpha value is -5.72. The number of esters is 3. The molecular weight excluding hydrogens is 608 g/mol. The highest BCUT2D eigenvalue weighted by Gasteiger charge is 2.30. The van der Waals surface area contributed by atoms with Crippen LogP contribution in [0.3, 0.4) is 0 Å². The molecule has 47 heavy (non-hydrogen) atoms. The van der Waals surface area contributed by atoms with E-state index in [4.69, 9.17) is 9.47 Å². The van der Waals surface area contributed by atoms with Gasteiger partial charge in [0.05, 0.1) is 32.5 Å². The number of nitrogens with one attached hydrogen (secondary N) is 4. The van der Waals surface area contributed by atoms with Gasteiger partial charge in [0.1, 0.15) is 12.1 Å². The highest BCUT2D eigenvalue weighted by molar-refractivity contribution is 6.35. The second-order valence-corrected chi connectivity index (χ2v) is 10.8. The van der Waals surface area contributed by atoms with Crippen LogP contribution in [0, 0.1) is 13.8 Å². The van der Waals surface area contributed by atoms with Gasteiger partial charge in [-0.2, -0.15) is 0 Å². The standard InChI is InChI=1S/C34H36N4O9/c1-18-26(35-19(2)29(18)32(42)37-25(33(43)46-4)13-14-28(39)45-3)17-23-22-16-21(11-12-24(22)36-31(23)41)30(40)38-27(34(44)47-5)15-20-9-7-6-8-10-20/h6-12,16-17,25,27,35H,13-15H2,1-5H3,(H,36,41)(H,37,42)(H,38,40)/b23-17-/t25-,27+/m0/s1. The number of fused-ring (bicyclic) bond motifs is 1. The first kappa shape index (κ1) is 34.2. The highest BCUT2D eigenvalue weighted by atomic mass is 16.5. The Balaban J connectivity index is 1.58. The van der Waals surface area contributed by atoms with Gasteiger partial charge < -0.3 is 35.1 Å². The summed E-state index contributed by atoms with van der Waals surface area (Å²) in [6.45, 7) is 3.35. The van der Waals surface area contributed by atoms with Crippen LogP contribution in [0.5, 0.6) is 0 Å². The minimum atomic E-state index is -1.09. The summed E-state index contributed by atoms with van der Waals surface area (Å²) in [6.07, 6.45) is 1.67. The van der Waals surface area contributed by atoms with Gasteiger partial charge in [-0.3, -0.25) is 19.2 Å². The average Bonchev–Trinajstić information content (AvgIpc) is 3.54. The van der Waals surface area contributed by atoms with Crippen molar-refractivity contribution in [1.29, 1.82) is 0 Å². The third kappa shape index (κ3) is 7.93. The van der Waals surface area contributed by atoms with Gasteiger partial charge in [-0.05, 0) is 55.7 Å². The Morgan fingerprint density at radius 2 is 1.51 bits per heavy atom. The Morgan fingerprint density at radius 1 is 0.851 bits per heavy atom. The molecular formula is C34H36N4O9. The van der Waals surface area contributed by atoms with Crippen molar-refractivity contribution >= 4 is 53.0 Å². The van der Waals surface area contributed by atoms with Gasteiger partial charge in [-0.1, -0.05) is 30.3 Å². The number of rotatable bonds is 12. The summed E-state index contributed by atoms with van der Waals surface area (Å²) in [5.41, 5.74) is 3.91. The van der Waals surface area contributed by atoms with E-state index in [1.807, 2.05) is 30.3 Å². The number of carbonyl (C=O) groups excluding carboxylic acids is 6. The van der Waals surface area contributed by atoms with Crippen LogP contribution in [0.4, 0.5) is 5.69 Å². The summed E-state index contributed by atoms with van der Waals surface area (Å²) >= 11 is 0. The number of anilines is 1. The first-order valence-corrected chi connectivity index (χ1v) is 14.7. The molecule has 1 aliphatic rings. The molecule has 0 saturated heterocycles. The lowest BCUT2D eigenvalue weighted by molar-refractivity contribution is -0.145. The Labute approximate surface area is 271 Å². The van der Waals surface area contributed by atoms with Crippen molar-refractivity contribution in [3.8, 4) is 0 Å². The summed E-state index contributed by atoms with van der Waals surface area (Å²) in [5.74, 6) is -3.38. The van der Waals surface area contributed by atoms with Crippen molar-refractivity contribution in [2.45, 2.75) is 45.2 Å². The summed E-state index contributed by atoms with van der Waals surface area (Å²) in [6, 6.07) is 11.9. The minimum Gasteiger partial charge on any atom is -0.469 e. The topological polar surface area (TPSA) is 182 Å². The van der Waals surface area contributed by atoms with Crippen LogP contribution >= 0.6 is 0 Å². The first-order chi connectivity index (χ1) is 22.5. The number of aromatic amines is 1. The van der Waals surface area contributed by atoms with Crippen LogP contribution < -0.4 is 16.0 Å². The van der Waals surface area contributed by atoms with Crippen molar-refractivity contribution in [2.24, 2.45) is 0 Å². The fourth-order valence-electron chi connectivity index (χ4n) is 5.29. The molecule has 0 radical (unpaired) electrons. The lowest BCUT2D eigenvalue weighted by Crippen LogP contribution is -2.43. The first-order valence-electron chi connectivity index (χ1n) is 14.7. The van der Waals surface area contributed by atoms with E-state index in [2.05, 4.69) is 25.7 Å². The number of hydrogen-bond acceptors (Lipinski definition) is 9. The maximum absolute atomic E-state index is 13.3. The minimum absolute atomic E-state index is 0.0238. The predicted molar refractivity (Wildman–Crippen MR) is 171 cm³/mol. The van der Waals surface area contributed by atoms with E-state index in [-0.39, 0.29) is 36.0 Å². The molecule has 3 aromatic rings. The van der Waals surface area contributed by atoms with E-state index in [0.29, 0.717) is 28.2 Å². The van der Waals surface area contributed by atoms with Crippen LogP contribution in [0.25, 0.3) is 11.6 Å². The molecule has 4 N–H and O–H groups in total. The Kier molecular flexibility index (Phi) is 10.9. The number of hydrogen-bond donors (Lipinski definition) is 4. The molecule has 0 bridgehead atoms. The summed E-state index contributed by atoms with van der Waals surface area (Å²) < 4.78 is 14.3. The van der Waals surface area contributed by atoms with Crippen LogP contribution in [-0.2, 0) is 39.8 Å². The van der Waals surface area contributed by atoms with Gasteiger partial charge in [0.25, 0.3) is 17.7 Å². The third-order valence-electron chi connectivity index (χ3n) is 7.79. The molecule has 3 amide bonds. The molecule has 2 aromatic carbocycles. The molecule has 1 aliphatic heterocycles. The summed E-state index contributed by atoms with van der Waals surface area (Å²) in [7, 11) is 3.65. The molecule has 0 unspecified atom stereocenters. The molecule has 0 saturated carbocycles. The maximum atomic E-state index is 13.3. The summed E-state index contributed by atoms with van der Waals surface area (Å²) in [4.78, 5) is 79.2. The van der Waals surface area contributed by atoms with Crippen LogP contribution in [0.15, 0.2) is 48.5 Å². The van der Waals surface area contributed by atoms with Crippen molar-refractivity contribution in [2.75, 3.05) is 26.6 Å². The van der Waals surface area contributed by atoms with Crippen LogP contribution in [0.2, 0.25) is 0 Å². The molecule has 13 nitrogen and oxygen atoms in total. The largest absolute Gasteiger partial charge is 0.469 e. The second-order valence-electron chi connectivity index (χ2n) is 10.8. The van der Waals surface area contributed by atoms with E-state index in [1.165, 1.54) is 21.3 Å². The quantitative estimate of drug-likeness (QED) is 0.131. The molecule has 0 fully saturated rings. The van der Waals surface area contributed by atoms with E-state index in [1.54, 1.807) is 38.1 Å². The number of benzene rings is 2. The number of H-pyrrole nitrogens is 1. The highest BCUT2D eigenvalue weighted by Crippen LogP contribution is 2.35. The van der Waals surface area contributed by atoms with Crippen molar-refractivity contribution in [3.63, 3.8) is 0 Å². The number of amides is 3. The van der Waals surface area contributed by atoms with Gasteiger partial charge in [0.2, 0.25) is 0 Å². The lowest BCUT2D eigenvalue weighted by Gasteiger charge is -2.17. The van der Waals surface area contributed by atoms with E-state index in [0.717, 1.165) is 5.56 Å². The SMILES string of the molecule is COC(=O)CC[C@H](NC(=O)c1c(C)[nH]c(/C=C2\C(=O)Nc3ccc(C(=O)N[C@H](Cc4ccccc4)C(=O)OC)cc32)c1C)C(=O)OC. The van der Waals surface area contributed by atoms with Crippen molar-refractivity contribution in [3.05, 3.63) is 87.7 Å². The third-order valence-corrected chi connectivity index (χ3v) is 7.79. The molecule has 1 aromatic heterocycles. The fraction of sp³-hybridized carbons (Fsp3) is 0.294. The number of ether oxygens (including phenoxy) is 3. The molecule has 13 heteroatoms. The number of methoxy groups -OCH3 is 3. The van der Waals surface area contributed by atoms with Crippen LogP contribution in [0.1, 0.15) is 61.6 Å². The van der Waals surface area contributed by atoms with E-state index in [9.17, 15) is 28.8 Å². The maximum Gasteiger partial charge on any atom is 0.328 e. The van der Waals surface area contributed by atoms with E-state index < -0.39 is 47.7 Å². The molecule has 246 valence electrons. The Bertz CT molecular complexity index is 1740. The normalized spacial score (nSPS) is 14.0. The van der Waals surface area contributed by atoms with Gasteiger partial charge in [-0.15, -0.1) is 0 Å². The molecule has 0 aliphatic carbocycles. The average molecular weight is 645 g/mol. The van der Waals surface area contributed by atoms with Crippen molar-refractivity contribution in [1.82, 2.24) is 15.6 Å². The zero-order valence-corrected chi connectivity index (χ0v) is 26.6. The molecule has 2 heterocycles.